The molecule has 1 aliphatic heterocycles. The quantitative estimate of drug-likeness (QED) is 0.725. The van der Waals surface area contributed by atoms with Gasteiger partial charge in [-0.3, -0.25) is 9.78 Å². The number of nitrogens with one attached hydrogen (secondary N) is 1. The number of methoxy groups -OCH3 is 1. The maximum absolute atomic E-state index is 11.5. The van der Waals surface area contributed by atoms with Crippen LogP contribution in [0.3, 0.4) is 0 Å². The molecule has 6 nitrogen and oxygen atoms in total. The van der Waals surface area contributed by atoms with Gasteiger partial charge < -0.3 is 10.2 Å². The summed E-state index contributed by atoms with van der Waals surface area (Å²) in [5.41, 5.74) is 4.00. The first-order valence-electron chi connectivity index (χ1n) is 5.01. The number of aromatic nitrogens is 1. The lowest BCUT2D eigenvalue weighted by Crippen LogP contribution is -2.28. The number of pyridine rings is 1. The minimum Gasteiger partial charge on any atom is -0.468 e. The molecule has 1 aromatic rings. The minimum absolute atomic E-state index is 0.365. The first kappa shape index (κ1) is 11.1. The number of hydrazone groups is 1. The van der Waals surface area contributed by atoms with Crippen molar-refractivity contribution in [1.82, 2.24) is 10.4 Å². The monoisotopic (exact) mass is 230 g/mol. The average molecular weight is 230 g/mol. The van der Waals surface area contributed by atoms with Gasteiger partial charge in [-0.25, -0.2) is 0 Å². The minimum atomic E-state index is -0.512. The highest BCUT2D eigenvalue weighted by Gasteiger charge is 2.32. The molecule has 0 saturated carbocycles. The summed E-state index contributed by atoms with van der Waals surface area (Å²) in [7, 11) is 1.32. The Morgan fingerprint density at radius 1 is 1.71 bits per heavy atom. The van der Waals surface area contributed by atoms with Gasteiger partial charge in [0, 0.05) is 6.20 Å². The van der Waals surface area contributed by atoms with E-state index >= 15 is 0 Å². The Balaban J connectivity index is 2.40. The first-order chi connectivity index (χ1) is 8.27. The lowest BCUT2D eigenvalue weighted by Gasteiger charge is -2.09. The number of rotatable bonds is 2. The summed E-state index contributed by atoms with van der Waals surface area (Å²) in [6.07, 6.45) is 1.56. The number of nitrogens with zero attached hydrogens (tertiary/aromatic N) is 3. The molecule has 86 valence electrons. The topological polar surface area (TPSA) is 87.4 Å². The average Bonchev–Trinajstić information content (AvgIpc) is 2.86. The fourth-order valence-electron chi connectivity index (χ4n) is 1.65. The summed E-state index contributed by atoms with van der Waals surface area (Å²) in [5.74, 6) is -0.898. The van der Waals surface area contributed by atoms with Crippen molar-refractivity contribution in [2.24, 2.45) is 11.0 Å². The van der Waals surface area contributed by atoms with Crippen LogP contribution in [0.15, 0.2) is 23.4 Å². The molecule has 6 heteroatoms. The van der Waals surface area contributed by atoms with Crippen LogP contribution >= 0.6 is 0 Å². The zero-order valence-electron chi connectivity index (χ0n) is 9.17. The second-order valence-electron chi connectivity index (χ2n) is 3.45. The number of esters is 1. The van der Waals surface area contributed by atoms with Gasteiger partial charge in [-0.2, -0.15) is 10.4 Å². The van der Waals surface area contributed by atoms with Gasteiger partial charge in [0.2, 0.25) is 0 Å². The van der Waals surface area contributed by atoms with E-state index in [1.54, 1.807) is 18.3 Å². The standard InChI is InChI=1S/C11H10N4O2/c1-17-11(16)8-6-14-15-10(8)9-7(5-12)3-2-4-13-9/h2-4,8,14H,6H2,1H3. The Hall–Kier alpha value is -2.42. The Morgan fingerprint density at radius 2 is 2.53 bits per heavy atom. The van der Waals surface area contributed by atoms with E-state index in [4.69, 9.17) is 5.26 Å². The smallest absolute Gasteiger partial charge is 0.316 e. The number of carbonyl (C=O) groups excluding carboxylic acids is 1. The summed E-state index contributed by atoms with van der Waals surface area (Å²) in [6, 6.07) is 5.33. The highest BCUT2D eigenvalue weighted by Crippen LogP contribution is 2.16. The van der Waals surface area contributed by atoms with E-state index in [1.165, 1.54) is 7.11 Å². The van der Waals surface area contributed by atoms with Gasteiger partial charge in [0.25, 0.3) is 0 Å². The summed E-state index contributed by atoms with van der Waals surface area (Å²) in [4.78, 5) is 15.6. The van der Waals surface area contributed by atoms with Crippen LogP contribution in [0, 0.1) is 17.2 Å². The van der Waals surface area contributed by atoms with Crippen molar-refractivity contribution in [3.8, 4) is 6.07 Å². The highest BCUT2D eigenvalue weighted by molar-refractivity contribution is 6.12. The normalized spacial score (nSPS) is 17.9. The fraction of sp³-hybridized carbons (Fsp3) is 0.273. The molecule has 1 unspecified atom stereocenters. The van der Waals surface area contributed by atoms with E-state index in [2.05, 4.69) is 20.2 Å². The van der Waals surface area contributed by atoms with Crippen molar-refractivity contribution < 1.29 is 9.53 Å². The van der Waals surface area contributed by atoms with Crippen molar-refractivity contribution in [2.45, 2.75) is 0 Å². The third-order valence-corrected chi connectivity index (χ3v) is 2.48. The molecule has 0 aromatic carbocycles. The van der Waals surface area contributed by atoms with Crippen molar-refractivity contribution in [2.75, 3.05) is 13.7 Å². The fourth-order valence-corrected chi connectivity index (χ4v) is 1.65. The predicted octanol–water partition coefficient (Wildman–Crippen LogP) is 0.0498. The number of ether oxygens (including phenoxy) is 1. The molecule has 0 aliphatic carbocycles. The van der Waals surface area contributed by atoms with Gasteiger partial charge in [-0.15, -0.1) is 0 Å². The van der Waals surface area contributed by atoms with Crippen LogP contribution in [-0.2, 0) is 9.53 Å². The van der Waals surface area contributed by atoms with Gasteiger partial charge in [-0.05, 0) is 12.1 Å². The Morgan fingerprint density at radius 3 is 3.24 bits per heavy atom. The van der Waals surface area contributed by atoms with Crippen molar-refractivity contribution in [3.05, 3.63) is 29.6 Å². The molecule has 1 aliphatic rings. The SMILES string of the molecule is COC(=O)C1CNN=C1c1ncccc1C#N. The lowest BCUT2D eigenvalue weighted by molar-refractivity contribution is -0.142. The Kier molecular flexibility index (Phi) is 3.01. The Labute approximate surface area is 97.9 Å². The van der Waals surface area contributed by atoms with Crippen LogP contribution in [0.1, 0.15) is 11.3 Å². The highest BCUT2D eigenvalue weighted by atomic mass is 16.5. The van der Waals surface area contributed by atoms with E-state index in [0.29, 0.717) is 23.5 Å². The van der Waals surface area contributed by atoms with Crippen LogP contribution in [-0.4, -0.2) is 30.3 Å². The maximum Gasteiger partial charge on any atom is 0.316 e. The molecule has 0 radical (unpaired) electrons. The van der Waals surface area contributed by atoms with E-state index in [0.717, 1.165) is 0 Å². The molecule has 0 saturated heterocycles. The van der Waals surface area contributed by atoms with Crippen LogP contribution < -0.4 is 5.43 Å². The first-order valence-corrected chi connectivity index (χ1v) is 5.01. The van der Waals surface area contributed by atoms with Crippen molar-refractivity contribution in [1.29, 1.82) is 5.26 Å². The van der Waals surface area contributed by atoms with E-state index < -0.39 is 5.92 Å². The molecule has 1 N–H and O–H groups in total. The van der Waals surface area contributed by atoms with Gasteiger partial charge in [0.1, 0.15) is 23.4 Å². The number of carbonyl (C=O) groups is 1. The number of nitriles is 1. The molecule has 0 bridgehead atoms. The van der Waals surface area contributed by atoms with Gasteiger partial charge in [-0.1, -0.05) is 0 Å². The van der Waals surface area contributed by atoms with Gasteiger partial charge >= 0.3 is 5.97 Å². The molecular formula is C11H10N4O2. The van der Waals surface area contributed by atoms with Crippen LogP contribution in [0.25, 0.3) is 0 Å². The summed E-state index contributed by atoms with van der Waals surface area (Å²) < 4.78 is 4.69. The van der Waals surface area contributed by atoms with Crippen LogP contribution in [0.2, 0.25) is 0 Å². The second-order valence-corrected chi connectivity index (χ2v) is 3.45. The maximum atomic E-state index is 11.5. The molecule has 2 rings (SSSR count). The molecule has 0 fully saturated rings. The van der Waals surface area contributed by atoms with Crippen molar-refractivity contribution in [3.63, 3.8) is 0 Å². The molecule has 1 atom stereocenters. The molecule has 0 spiro atoms. The molecular weight excluding hydrogens is 220 g/mol. The number of hydrogen-bond acceptors (Lipinski definition) is 6. The second kappa shape index (κ2) is 4.61. The van der Waals surface area contributed by atoms with E-state index in [9.17, 15) is 4.79 Å². The molecule has 2 heterocycles. The third-order valence-electron chi connectivity index (χ3n) is 2.48. The number of hydrogen-bond donors (Lipinski definition) is 1. The zero-order chi connectivity index (χ0) is 12.3. The summed E-state index contributed by atoms with van der Waals surface area (Å²) >= 11 is 0. The van der Waals surface area contributed by atoms with E-state index in [-0.39, 0.29) is 5.97 Å². The van der Waals surface area contributed by atoms with Crippen molar-refractivity contribution >= 4 is 11.7 Å². The predicted molar refractivity (Wildman–Crippen MR) is 59.0 cm³/mol. The lowest BCUT2D eigenvalue weighted by atomic mass is 9.99. The summed E-state index contributed by atoms with van der Waals surface area (Å²) in [5, 5.41) is 13.0. The third kappa shape index (κ3) is 1.95. The van der Waals surface area contributed by atoms with Gasteiger partial charge in [0.15, 0.2) is 0 Å². The Bertz CT molecular complexity index is 518. The summed E-state index contributed by atoms with van der Waals surface area (Å²) in [6.45, 7) is 0.365. The van der Waals surface area contributed by atoms with Gasteiger partial charge in [0.05, 0.1) is 19.2 Å². The van der Waals surface area contributed by atoms with Crippen LogP contribution in [0.5, 0.6) is 0 Å². The molecule has 1 aromatic heterocycles. The molecule has 17 heavy (non-hydrogen) atoms. The van der Waals surface area contributed by atoms with E-state index in [1.807, 2.05) is 6.07 Å². The van der Waals surface area contributed by atoms with Crippen LogP contribution in [0.4, 0.5) is 0 Å². The molecule has 0 amide bonds. The zero-order valence-corrected chi connectivity index (χ0v) is 9.17. The largest absolute Gasteiger partial charge is 0.468 e.